The average Bonchev–Trinajstić information content (AvgIpc) is 2.74. The standard InChI is InChI=1S/C21H29FN2O3.CH2F2/c1-4-19(27-18-10-7-16(12-23)20(11-18)25-3)21(14(2)24)26-13-15-5-8-17(22)9-6-15;2-1-3/h7,10-11,15,17,19H,4-6,8-9,13,24H2,1-3H3;1H2/b21-14-;. The lowest BCUT2D eigenvalue weighted by Crippen LogP contribution is -2.26. The molecule has 30 heavy (non-hydrogen) atoms. The minimum atomic E-state index is -1.75. The number of nitrogens with zero attached hydrogens (tertiary/aromatic N) is 1. The maximum Gasteiger partial charge on any atom is 0.229 e. The van der Waals surface area contributed by atoms with E-state index in [1.165, 1.54) is 7.11 Å². The second kappa shape index (κ2) is 13.6. The highest BCUT2D eigenvalue weighted by molar-refractivity contribution is 5.47. The van der Waals surface area contributed by atoms with Gasteiger partial charge in [-0.2, -0.15) is 5.26 Å². The van der Waals surface area contributed by atoms with Crippen molar-refractivity contribution in [2.45, 2.75) is 58.2 Å². The van der Waals surface area contributed by atoms with Crippen molar-refractivity contribution in [3.63, 3.8) is 0 Å². The van der Waals surface area contributed by atoms with E-state index in [1.54, 1.807) is 25.1 Å². The third-order valence-corrected chi connectivity index (χ3v) is 4.87. The first kappa shape index (κ1) is 25.5. The molecule has 1 unspecified atom stereocenters. The summed E-state index contributed by atoms with van der Waals surface area (Å²) in [7, 11) is 1.52. The van der Waals surface area contributed by atoms with E-state index in [2.05, 4.69) is 6.07 Å². The smallest absolute Gasteiger partial charge is 0.229 e. The molecule has 2 N–H and O–H groups in total. The maximum atomic E-state index is 13.3. The first-order valence-electron chi connectivity index (χ1n) is 9.99. The van der Waals surface area contributed by atoms with Crippen molar-refractivity contribution in [1.82, 2.24) is 0 Å². The monoisotopic (exact) mass is 428 g/mol. The van der Waals surface area contributed by atoms with Gasteiger partial charge in [0.2, 0.25) is 6.93 Å². The van der Waals surface area contributed by atoms with Gasteiger partial charge >= 0.3 is 0 Å². The molecule has 8 heteroatoms. The van der Waals surface area contributed by atoms with E-state index >= 15 is 0 Å². The summed E-state index contributed by atoms with van der Waals surface area (Å²) in [5, 5.41) is 9.10. The van der Waals surface area contributed by atoms with Crippen LogP contribution in [0.3, 0.4) is 0 Å². The van der Waals surface area contributed by atoms with E-state index in [1.807, 2.05) is 6.92 Å². The summed E-state index contributed by atoms with van der Waals surface area (Å²) < 4.78 is 49.9. The van der Waals surface area contributed by atoms with Crippen LogP contribution in [-0.4, -0.2) is 32.9 Å². The van der Waals surface area contributed by atoms with Gasteiger partial charge in [0.1, 0.15) is 23.7 Å². The predicted octanol–water partition coefficient (Wildman–Crippen LogP) is 5.34. The quantitative estimate of drug-likeness (QED) is 0.566. The first-order valence-corrected chi connectivity index (χ1v) is 9.99. The van der Waals surface area contributed by atoms with Crippen molar-refractivity contribution in [2.24, 2.45) is 11.7 Å². The zero-order chi connectivity index (χ0) is 22.5. The average molecular weight is 428 g/mol. The summed E-state index contributed by atoms with van der Waals surface area (Å²) in [4.78, 5) is 0. The lowest BCUT2D eigenvalue weighted by molar-refractivity contribution is 0.0718. The largest absolute Gasteiger partial charge is 0.495 e. The highest BCUT2D eigenvalue weighted by atomic mass is 19.3. The van der Waals surface area contributed by atoms with Crippen molar-refractivity contribution in [1.29, 1.82) is 5.26 Å². The molecular formula is C22H31F3N2O3. The van der Waals surface area contributed by atoms with Crippen LogP contribution in [0.1, 0.15) is 51.5 Å². The third-order valence-electron chi connectivity index (χ3n) is 4.87. The zero-order valence-corrected chi connectivity index (χ0v) is 17.8. The summed E-state index contributed by atoms with van der Waals surface area (Å²) >= 11 is 0. The first-order chi connectivity index (χ1) is 14.4. The Morgan fingerprint density at radius 3 is 2.40 bits per heavy atom. The summed E-state index contributed by atoms with van der Waals surface area (Å²) in [5.74, 6) is 2.00. The minimum Gasteiger partial charge on any atom is -0.495 e. The zero-order valence-electron chi connectivity index (χ0n) is 17.8. The fraction of sp³-hybridized carbons (Fsp3) is 0.591. The second-order valence-corrected chi connectivity index (χ2v) is 7.07. The van der Waals surface area contributed by atoms with Crippen LogP contribution in [-0.2, 0) is 4.74 Å². The number of hydrogen-bond acceptors (Lipinski definition) is 5. The Kier molecular flexibility index (Phi) is 11.6. The van der Waals surface area contributed by atoms with E-state index in [0.29, 0.717) is 60.3 Å². The summed E-state index contributed by atoms with van der Waals surface area (Å²) in [5.41, 5.74) is 7.07. The molecule has 1 aromatic carbocycles. The van der Waals surface area contributed by atoms with Crippen molar-refractivity contribution in [2.75, 3.05) is 20.6 Å². The molecule has 0 aromatic heterocycles. The molecule has 0 saturated heterocycles. The van der Waals surface area contributed by atoms with Gasteiger partial charge < -0.3 is 19.9 Å². The van der Waals surface area contributed by atoms with E-state index in [4.69, 9.17) is 25.2 Å². The fourth-order valence-electron chi connectivity index (χ4n) is 3.28. The highest BCUT2D eigenvalue weighted by Crippen LogP contribution is 2.29. The molecule has 1 aromatic rings. The number of hydrogen-bond donors (Lipinski definition) is 1. The minimum absolute atomic E-state index is 0.342. The van der Waals surface area contributed by atoms with Gasteiger partial charge in [-0.15, -0.1) is 0 Å². The van der Waals surface area contributed by atoms with Crippen LogP contribution in [0.25, 0.3) is 0 Å². The van der Waals surface area contributed by atoms with Crippen LogP contribution in [0.4, 0.5) is 13.2 Å². The van der Waals surface area contributed by atoms with Crippen molar-refractivity contribution < 1.29 is 27.4 Å². The molecule has 1 aliphatic carbocycles. The lowest BCUT2D eigenvalue weighted by Gasteiger charge is -2.27. The van der Waals surface area contributed by atoms with Gasteiger partial charge in [0.25, 0.3) is 0 Å². The number of methoxy groups -OCH3 is 1. The molecule has 1 aliphatic rings. The molecule has 0 aliphatic heterocycles. The molecule has 0 bridgehead atoms. The van der Waals surface area contributed by atoms with Gasteiger partial charge in [0.05, 0.1) is 19.3 Å². The molecular weight excluding hydrogens is 397 g/mol. The molecule has 1 saturated carbocycles. The van der Waals surface area contributed by atoms with Gasteiger partial charge in [-0.1, -0.05) is 6.92 Å². The van der Waals surface area contributed by atoms with E-state index in [9.17, 15) is 13.2 Å². The van der Waals surface area contributed by atoms with Crippen LogP contribution in [0.5, 0.6) is 11.5 Å². The normalized spacial score (nSPS) is 20.0. The molecule has 0 radical (unpaired) electrons. The number of rotatable bonds is 8. The number of ether oxygens (including phenoxy) is 3. The predicted molar refractivity (Wildman–Crippen MR) is 109 cm³/mol. The van der Waals surface area contributed by atoms with E-state index in [0.717, 1.165) is 12.8 Å². The fourth-order valence-corrected chi connectivity index (χ4v) is 3.28. The van der Waals surface area contributed by atoms with Crippen LogP contribution >= 0.6 is 0 Å². The molecule has 0 spiro atoms. The lowest BCUT2D eigenvalue weighted by atomic mass is 9.89. The third kappa shape index (κ3) is 8.05. The second-order valence-electron chi connectivity index (χ2n) is 7.07. The molecule has 2 rings (SSSR count). The number of alkyl halides is 3. The highest BCUT2D eigenvalue weighted by Gasteiger charge is 2.24. The summed E-state index contributed by atoms with van der Waals surface area (Å²) in [6.45, 7) is 2.55. The van der Waals surface area contributed by atoms with Crippen molar-refractivity contribution >= 4 is 0 Å². The van der Waals surface area contributed by atoms with Crippen LogP contribution in [0.15, 0.2) is 29.7 Å². The van der Waals surface area contributed by atoms with Gasteiger partial charge in [-0.25, -0.2) is 13.2 Å². The van der Waals surface area contributed by atoms with E-state index in [-0.39, 0.29) is 6.10 Å². The van der Waals surface area contributed by atoms with Crippen molar-refractivity contribution in [3.05, 3.63) is 35.2 Å². The molecule has 168 valence electrons. The number of benzene rings is 1. The Bertz CT molecular complexity index is 710. The molecule has 1 fully saturated rings. The maximum absolute atomic E-state index is 13.3. The van der Waals surface area contributed by atoms with Gasteiger partial charge in [-0.3, -0.25) is 0 Å². The molecule has 5 nitrogen and oxygen atoms in total. The summed E-state index contributed by atoms with van der Waals surface area (Å²) in [6.07, 6.45) is 2.53. The topological polar surface area (TPSA) is 77.5 Å². The van der Waals surface area contributed by atoms with Gasteiger partial charge in [-0.05, 0) is 57.1 Å². The van der Waals surface area contributed by atoms with Gasteiger partial charge in [0, 0.05) is 11.8 Å². The SMILES string of the molecule is CCC(Oc1ccc(C#N)c(OC)c1)/C(OCC1CCC(F)CC1)=C(\C)N.FCF. The summed E-state index contributed by atoms with van der Waals surface area (Å²) in [6, 6.07) is 7.16. The van der Waals surface area contributed by atoms with Crippen LogP contribution in [0, 0.1) is 17.2 Å². The van der Waals surface area contributed by atoms with E-state index < -0.39 is 13.1 Å². The molecule has 1 atom stereocenters. The van der Waals surface area contributed by atoms with Crippen LogP contribution < -0.4 is 15.2 Å². The Labute approximate surface area is 176 Å². The van der Waals surface area contributed by atoms with Crippen molar-refractivity contribution in [3.8, 4) is 17.6 Å². The number of allylic oxidation sites excluding steroid dienone is 1. The molecule has 0 heterocycles. The van der Waals surface area contributed by atoms with Crippen LogP contribution in [0.2, 0.25) is 0 Å². The Morgan fingerprint density at radius 1 is 1.27 bits per heavy atom. The van der Waals surface area contributed by atoms with Gasteiger partial charge in [0.15, 0.2) is 11.9 Å². The molecule has 0 amide bonds. The number of nitriles is 1. The Balaban J connectivity index is 0.00000141. The Hall–Kier alpha value is -2.56. The number of halogens is 3. The Morgan fingerprint density at radius 2 is 1.90 bits per heavy atom. The number of nitrogens with two attached hydrogens (primary N) is 1.